The minimum Gasteiger partial charge on any atom is -0.353 e. The maximum Gasteiger partial charge on any atom is 0.227 e. The molecule has 1 N–H and O–H groups in total. The molecule has 23 heavy (non-hydrogen) atoms. The number of benzene rings is 1. The molecule has 1 aliphatic carbocycles. The monoisotopic (exact) mass is 354 g/mol. The zero-order valence-corrected chi connectivity index (χ0v) is 14.4. The van der Waals surface area contributed by atoms with Gasteiger partial charge in [0.1, 0.15) is 0 Å². The van der Waals surface area contributed by atoms with E-state index in [0.717, 1.165) is 12.8 Å². The Balaban J connectivity index is 1.67. The Labute approximate surface area is 146 Å². The second kappa shape index (κ2) is 7.10. The lowest BCUT2D eigenvalue weighted by atomic mass is 9.95. The van der Waals surface area contributed by atoms with Crippen molar-refractivity contribution in [1.82, 2.24) is 5.32 Å². The van der Waals surface area contributed by atoms with Crippen molar-refractivity contribution in [3.63, 3.8) is 0 Å². The van der Waals surface area contributed by atoms with Crippen LogP contribution in [0.5, 0.6) is 0 Å². The third kappa shape index (κ3) is 3.64. The summed E-state index contributed by atoms with van der Waals surface area (Å²) in [6.45, 7) is 0.359. The summed E-state index contributed by atoms with van der Waals surface area (Å²) in [6.07, 6.45) is 5.88. The average Bonchev–Trinajstić information content (AvgIpc) is 2.93. The fourth-order valence-corrected chi connectivity index (χ4v) is 3.78. The highest BCUT2D eigenvalue weighted by Gasteiger charge is 2.36. The van der Waals surface area contributed by atoms with Crippen molar-refractivity contribution in [2.45, 2.75) is 44.6 Å². The van der Waals surface area contributed by atoms with Crippen LogP contribution in [-0.2, 0) is 9.59 Å². The summed E-state index contributed by atoms with van der Waals surface area (Å²) in [4.78, 5) is 26.3. The SMILES string of the molecule is O=C(NC1CCCCC1)[C@@H]1CC(=O)N(c2cccc(Cl)c2Cl)C1. The molecule has 2 fully saturated rings. The molecule has 1 saturated carbocycles. The summed E-state index contributed by atoms with van der Waals surface area (Å²) in [6, 6.07) is 5.45. The lowest BCUT2D eigenvalue weighted by Crippen LogP contribution is -2.40. The quantitative estimate of drug-likeness (QED) is 0.897. The van der Waals surface area contributed by atoms with Crippen molar-refractivity contribution >= 4 is 40.7 Å². The first-order chi connectivity index (χ1) is 11.1. The van der Waals surface area contributed by atoms with E-state index in [-0.39, 0.29) is 30.2 Å². The van der Waals surface area contributed by atoms with Crippen LogP contribution in [0.1, 0.15) is 38.5 Å². The summed E-state index contributed by atoms with van der Waals surface area (Å²) in [5, 5.41) is 3.87. The van der Waals surface area contributed by atoms with Gasteiger partial charge >= 0.3 is 0 Å². The summed E-state index contributed by atoms with van der Waals surface area (Å²) in [7, 11) is 0. The molecule has 6 heteroatoms. The fraction of sp³-hybridized carbons (Fsp3) is 0.529. The van der Waals surface area contributed by atoms with Crippen molar-refractivity contribution < 1.29 is 9.59 Å². The molecule has 0 spiro atoms. The molecule has 1 aromatic carbocycles. The highest BCUT2D eigenvalue weighted by atomic mass is 35.5. The van der Waals surface area contributed by atoms with E-state index < -0.39 is 0 Å². The van der Waals surface area contributed by atoms with E-state index in [4.69, 9.17) is 23.2 Å². The van der Waals surface area contributed by atoms with Gasteiger partial charge in [0.2, 0.25) is 11.8 Å². The number of amides is 2. The van der Waals surface area contributed by atoms with Crippen molar-refractivity contribution in [3.8, 4) is 0 Å². The smallest absolute Gasteiger partial charge is 0.227 e. The first kappa shape index (κ1) is 16.6. The predicted octanol–water partition coefficient (Wildman–Crippen LogP) is 3.80. The van der Waals surface area contributed by atoms with Crippen LogP contribution in [0, 0.1) is 5.92 Å². The molecule has 1 aliphatic heterocycles. The summed E-state index contributed by atoms with van der Waals surface area (Å²) < 4.78 is 0. The van der Waals surface area contributed by atoms with E-state index in [0.29, 0.717) is 22.3 Å². The van der Waals surface area contributed by atoms with Crippen molar-refractivity contribution in [2.24, 2.45) is 5.92 Å². The van der Waals surface area contributed by atoms with Gasteiger partial charge in [0, 0.05) is 19.0 Å². The molecule has 4 nitrogen and oxygen atoms in total. The molecular weight excluding hydrogens is 335 g/mol. The first-order valence-electron chi connectivity index (χ1n) is 8.11. The van der Waals surface area contributed by atoms with Crippen molar-refractivity contribution in [2.75, 3.05) is 11.4 Å². The molecule has 1 heterocycles. The van der Waals surface area contributed by atoms with Gasteiger partial charge in [0.15, 0.2) is 0 Å². The molecule has 1 aromatic rings. The molecule has 0 bridgehead atoms. The van der Waals surface area contributed by atoms with Gasteiger partial charge in [-0.1, -0.05) is 48.5 Å². The van der Waals surface area contributed by atoms with Crippen LogP contribution in [0.2, 0.25) is 10.0 Å². The van der Waals surface area contributed by atoms with Gasteiger partial charge in [-0.3, -0.25) is 9.59 Å². The van der Waals surface area contributed by atoms with Crippen LogP contribution in [-0.4, -0.2) is 24.4 Å². The van der Waals surface area contributed by atoms with Gasteiger partial charge in [-0.2, -0.15) is 0 Å². The normalized spacial score (nSPS) is 22.4. The van der Waals surface area contributed by atoms with E-state index in [1.165, 1.54) is 19.3 Å². The van der Waals surface area contributed by atoms with Crippen LogP contribution >= 0.6 is 23.2 Å². The van der Waals surface area contributed by atoms with Crippen molar-refractivity contribution in [3.05, 3.63) is 28.2 Å². The second-order valence-electron chi connectivity index (χ2n) is 6.32. The van der Waals surface area contributed by atoms with Gasteiger partial charge in [-0.05, 0) is 25.0 Å². The molecule has 0 unspecified atom stereocenters. The molecule has 0 aromatic heterocycles. The number of nitrogens with one attached hydrogen (secondary N) is 1. The number of anilines is 1. The molecule has 124 valence electrons. The van der Waals surface area contributed by atoms with E-state index in [2.05, 4.69) is 5.32 Å². The molecule has 0 radical (unpaired) electrons. The van der Waals surface area contributed by atoms with Crippen LogP contribution < -0.4 is 10.2 Å². The Bertz CT molecular complexity index is 615. The van der Waals surface area contributed by atoms with Gasteiger partial charge in [0.25, 0.3) is 0 Å². The Morgan fingerprint density at radius 2 is 1.91 bits per heavy atom. The number of nitrogens with zero attached hydrogens (tertiary/aromatic N) is 1. The maximum absolute atomic E-state index is 12.4. The fourth-order valence-electron chi connectivity index (χ4n) is 3.38. The zero-order chi connectivity index (χ0) is 16.4. The lowest BCUT2D eigenvalue weighted by Gasteiger charge is -2.24. The Kier molecular flexibility index (Phi) is 5.12. The molecule has 1 saturated heterocycles. The highest BCUT2D eigenvalue weighted by molar-refractivity contribution is 6.44. The minimum absolute atomic E-state index is 0.0223. The van der Waals surface area contributed by atoms with E-state index in [1.54, 1.807) is 23.1 Å². The average molecular weight is 355 g/mol. The molecule has 2 aliphatic rings. The number of hydrogen-bond acceptors (Lipinski definition) is 2. The van der Waals surface area contributed by atoms with E-state index >= 15 is 0 Å². The number of carbonyl (C=O) groups is 2. The number of carbonyl (C=O) groups excluding carboxylic acids is 2. The molecule has 2 amide bonds. The second-order valence-corrected chi connectivity index (χ2v) is 7.11. The number of halogens is 2. The summed E-state index contributed by atoms with van der Waals surface area (Å²) in [5.41, 5.74) is 0.581. The standard InChI is InChI=1S/C17H20Cl2N2O2/c18-13-7-4-8-14(16(13)19)21-10-11(9-15(21)22)17(23)20-12-5-2-1-3-6-12/h4,7-8,11-12H,1-3,5-6,9-10H2,(H,20,23)/t11-/m1/s1. The Morgan fingerprint density at radius 3 is 2.65 bits per heavy atom. The first-order valence-corrected chi connectivity index (χ1v) is 8.86. The molecule has 3 rings (SSSR count). The predicted molar refractivity (Wildman–Crippen MR) is 91.9 cm³/mol. The van der Waals surface area contributed by atoms with E-state index in [9.17, 15) is 9.59 Å². The molecular formula is C17H20Cl2N2O2. The maximum atomic E-state index is 12.4. The highest BCUT2D eigenvalue weighted by Crippen LogP contribution is 2.35. The van der Waals surface area contributed by atoms with Crippen LogP contribution in [0.3, 0.4) is 0 Å². The Hall–Kier alpha value is -1.26. The Morgan fingerprint density at radius 1 is 1.17 bits per heavy atom. The van der Waals surface area contributed by atoms with E-state index in [1.807, 2.05) is 0 Å². The van der Waals surface area contributed by atoms with Gasteiger partial charge in [0.05, 0.1) is 21.7 Å². The number of hydrogen-bond donors (Lipinski definition) is 1. The topological polar surface area (TPSA) is 49.4 Å². The third-order valence-electron chi connectivity index (χ3n) is 4.67. The van der Waals surface area contributed by atoms with Gasteiger partial charge in [-0.25, -0.2) is 0 Å². The largest absolute Gasteiger partial charge is 0.353 e. The summed E-state index contributed by atoms with van der Waals surface area (Å²) in [5.74, 6) is -0.427. The van der Waals surface area contributed by atoms with Crippen LogP contribution in [0.15, 0.2) is 18.2 Å². The minimum atomic E-state index is -0.320. The number of rotatable bonds is 3. The van der Waals surface area contributed by atoms with Crippen LogP contribution in [0.25, 0.3) is 0 Å². The molecule has 1 atom stereocenters. The van der Waals surface area contributed by atoms with Crippen LogP contribution in [0.4, 0.5) is 5.69 Å². The van der Waals surface area contributed by atoms with Gasteiger partial charge < -0.3 is 10.2 Å². The van der Waals surface area contributed by atoms with Crippen molar-refractivity contribution in [1.29, 1.82) is 0 Å². The third-order valence-corrected chi connectivity index (χ3v) is 5.48. The lowest BCUT2D eigenvalue weighted by molar-refractivity contribution is -0.127. The van der Waals surface area contributed by atoms with Gasteiger partial charge in [-0.15, -0.1) is 0 Å². The summed E-state index contributed by atoms with van der Waals surface area (Å²) >= 11 is 12.2. The zero-order valence-electron chi connectivity index (χ0n) is 12.9.